The van der Waals surface area contributed by atoms with E-state index < -0.39 is 53.9 Å². The van der Waals surface area contributed by atoms with E-state index in [1.54, 1.807) is 60.7 Å². The molecule has 0 saturated heterocycles. The number of likely N-dealkylation sites (N-methyl/N-ethyl adjacent to an activating group) is 1. The van der Waals surface area contributed by atoms with Crippen molar-refractivity contribution in [2.45, 2.75) is 152 Å². The summed E-state index contributed by atoms with van der Waals surface area (Å²) in [7, 11) is 6.16. The number of benzene rings is 10. The fraction of sp³-hybridized carbons (Fsp3) is 0.309. The van der Waals surface area contributed by atoms with Gasteiger partial charge in [-0.25, -0.2) is 0 Å². The van der Waals surface area contributed by atoms with Gasteiger partial charge in [-0.3, -0.25) is 0 Å². The van der Waals surface area contributed by atoms with Gasteiger partial charge in [-0.05, 0) is 255 Å². The van der Waals surface area contributed by atoms with Gasteiger partial charge in [-0.15, -0.1) is 0 Å². The summed E-state index contributed by atoms with van der Waals surface area (Å²) in [5, 5.41) is 104. The second-order valence-electron chi connectivity index (χ2n) is 31.5. The van der Waals surface area contributed by atoms with Gasteiger partial charge in [0.25, 0.3) is 0 Å². The molecule has 2 atom stereocenters. The van der Waals surface area contributed by atoms with Crippen molar-refractivity contribution < 1.29 is 95.3 Å². The zero-order valence-electron chi connectivity index (χ0n) is 79.0. The van der Waals surface area contributed by atoms with E-state index in [-0.39, 0.29) is 168 Å². The van der Waals surface area contributed by atoms with Crippen LogP contribution in [0.5, 0.6) is 0 Å². The van der Waals surface area contributed by atoms with Gasteiger partial charge in [0.15, 0.2) is 0 Å². The minimum Gasteiger partial charge on any atom is -0.550 e. The maximum absolute atomic E-state index is 10.9. The monoisotopic (exact) mass is 2180 g/mol. The van der Waals surface area contributed by atoms with Crippen LogP contribution in [0.3, 0.4) is 0 Å². The summed E-state index contributed by atoms with van der Waals surface area (Å²) in [6.07, 6.45) is 3.28. The number of rotatable bonds is 32. The number of aliphatic hydroxyl groups is 1. The third-order valence-electron chi connectivity index (χ3n) is 19.2. The van der Waals surface area contributed by atoms with Crippen molar-refractivity contribution in [2.75, 3.05) is 74.0 Å². The predicted octanol–water partition coefficient (Wildman–Crippen LogP) is 10.7. The molecule has 0 aromatic heterocycles. The first kappa shape index (κ1) is 138. The molecule has 10 aromatic rings. The summed E-state index contributed by atoms with van der Waals surface area (Å²) in [5.41, 5.74) is 39.6. The number of carbonyl (C=O) groups excluding carboxylic acids is 7. The number of nitrogens with two attached hydrogens (primary N) is 4. The molecule has 0 heterocycles. The number of quaternary nitrogens is 1. The molecule has 738 valence electrons. The maximum Gasteiger partial charge on any atom is 2.00 e. The number of carboxylic acid groups (broad SMARTS) is 7. The van der Waals surface area contributed by atoms with Crippen LogP contribution in [0.15, 0.2) is 152 Å². The molecule has 138 heavy (non-hydrogen) atoms. The molecule has 10 rings (SSSR count). The Balaban J connectivity index is -0.000000755. The molecule has 0 aliphatic heterocycles. The molecule has 0 bridgehead atoms. The second-order valence-corrected chi connectivity index (χ2v) is 35.4. The van der Waals surface area contributed by atoms with Crippen LogP contribution in [0.2, 0.25) is 50.2 Å². The summed E-state index contributed by atoms with van der Waals surface area (Å²) in [6.45, 7) is 20.9. The van der Waals surface area contributed by atoms with Crippen LogP contribution >= 0.6 is 116 Å². The number of hydrogen-bond acceptors (Lipinski definition) is 24. The molecule has 0 aliphatic carbocycles. The van der Waals surface area contributed by atoms with E-state index in [0.717, 1.165) is 92.3 Å². The average molecular weight is 2180 g/mol. The number of aryl methyl sites for hydroxylation is 5. The van der Waals surface area contributed by atoms with E-state index in [9.17, 15) is 69.3 Å². The van der Waals surface area contributed by atoms with Crippen LogP contribution in [0.1, 0.15) is 122 Å². The molecule has 0 spiro atoms. The minimum atomic E-state index is -1.18. The number of carboxylic acids is 7. The predicted molar refractivity (Wildman–Crippen MR) is 552 cm³/mol. The molecule has 0 radical (unpaired) electrons. The molecule has 0 saturated carbocycles. The molecule has 10 aromatic carbocycles. The summed E-state index contributed by atoms with van der Waals surface area (Å²) in [4.78, 5) is 74.4. The number of unbranched alkanes of at least 4 members (excludes halogenated alkanes) is 2. The van der Waals surface area contributed by atoms with Gasteiger partial charge in [-0.2, -0.15) is 0 Å². The zero-order valence-corrected chi connectivity index (χ0v) is 93.2. The Hall–Kier alpha value is -6.19. The zero-order chi connectivity index (χ0) is 99.7. The molecule has 0 fully saturated rings. The number of nitrogens with one attached hydrogen (secondary N) is 5. The molecular weight excluding hydrogens is 2070 g/mol. The molecule has 0 unspecified atom stereocenters. The first-order chi connectivity index (χ1) is 61.8. The van der Waals surface area contributed by atoms with Crippen LogP contribution in [-0.4, -0.2) is 240 Å². The van der Waals surface area contributed by atoms with Gasteiger partial charge in [0.1, 0.15) is 6.54 Å². The van der Waals surface area contributed by atoms with Crippen molar-refractivity contribution in [3.8, 4) is 0 Å². The van der Waals surface area contributed by atoms with Crippen LogP contribution in [0.25, 0.3) is 0 Å². The van der Waals surface area contributed by atoms with Crippen molar-refractivity contribution in [3.63, 3.8) is 0 Å². The number of aliphatic carboxylic acids is 7. The molecule has 28 nitrogen and oxygen atoms in total. The van der Waals surface area contributed by atoms with E-state index in [4.69, 9.17) is 144 Å². The van der Waals surface area contributed by atoms with Crippen molar-refractivity contribution in [3.05, 3.63) is 285 Å². The van der Waals surface area contributed by atoms with Crippen molar-refractivity contribution in [2.24, 2.45) is 22.9 Å². The summed E-state index contributed by atoms with van der Waals surface area (Å²) in [5.74, 6) is -7.98. The minimum absolute atomic E-state index is 0. The number of hydrogen-bond donors (Lipinski definition) is 10. The standard InChI is InChI=1S/5C16H15Cl2NO2.2C6H14N2O2.C5H14NO.3Ca.3H2O/c5*1-9-3-5-13(11(7-9)8-15(20)21)19-14-6-4-12(17)10(2)16(14)18;2*7-4-2-1-3-5(8)6(9)10;1-6(2,3)4-5-7;;;;;;/h5*3-7,19H,8H2,1-2H3,(H,20,21);2*5H,1-4,7-8H2,(H,9,10);7H,4-5H2,1-3H3;;;;3*1H2/q;;;;;;;+1;3*+2;;;/p-7/t;;;;;2*5-;;;;;;;/m.....00......./s1. The molecule has 0 amide bonds. The fourth-order valence-corrected chi connectivity index (χ4v) is 13.9. The Morgan fingerprint density at radius 3 is 0.601 bits per heavy atom. The SMILES string of the molecule is C[N+](C)(C)CCO.Cc1ccc(Nc2ccc(Cl)c(C)c2Cl)c(CC(=O)[O-])c1.Cc1ccc(Nc2ccc(Cl)c(C)c2Cl)c(CC(=O)[O-])c1.Cc1ccc(Nc2ccc(Cl)c(C)c2Cl)c(CC(=O)[O-])c1.Cc1ccc(Nc2ccc(Cl)c(C)c2Cl)c(CC(=O)[O-])c1.Cc1ccc(Nc2ccc(Cl)c(C)c2Cl)c(CC(=O)[O-])c1.NCCCC[C@H](N)C(=O)[O-].NCCCC[C@H](N)C(=O)[O-].O.O.O.[Ca+2].[Ca+2].[Ca+2]. The Morgan fingerprint density at radius 1 is 0.304 bits per heavy atom. The second kappa shape index (κ2) is 70.5. The number of halogens is 10. The third kappa shape index (κ3) is 50.8. The Labute approximate surface area is 946 Å². The van der Waals surface area contributed by atoms with E-state index >= 15 is 0 Å². The largest absolute Gasteiger partial charge is 2.00 e. The average Bonchev–Trinajstić information content (AvgIpc) is 0.837. The van der Waals surface area contributed by atoms with E-state index in [0.29, 0.717) is 161 Å². The topological polar surface area (TPSA) is 560 Å². The van der Waals surface area contributed by atoms with Crippen LogP contribution in [0.4, 0.5) is 56.9 Å². The molecule has 20 N–H and O–H groups in total. The van der Waals surface area contributed by atoms with Crippen LogP contribution in [0, 0.1) is 69.2 Å². The van der Waals surface area contributed by atoms with Gasteiger partial charge >= 0.3 is 113 Å². The maximum atomic E-state index is 10.9. The van der Waals surface area contributed by atoms with Gasteiger partial charge in [-0.1, -0.05) is 217 Å². The summed E-state index contributed by atoms with van der Waals surface area (Å²) in [6, 6.07) is 43.6. The molecule has 41 heteroatoms. The number of anilines is 10. The van der Waals surface area contributed by atoms with Crippen molar-refractivity contribution in [1.82, 2.24) is 0 Å². The quantitative estimate of drug-likeness (QED) is 0.0106. The summed E-state index contributed by atoms with van der Waals surface area (Å²) >= 11 is 61.4. The van der Waals surface area contributed by atoms with Gasteiger partial charge in [0.05, 0.1) is 93.2 Å². The van der Waals surface area contributed by atoms with Crippen molar-refractivity contribution in [1.29, 1.82) is 0 Å². The van der Waals surface area contributed by atoms with Gasteiger partial charge in [0, 0.05) is 128 Å². The number of nitrogens with zero attached hydrogens (tertiary/aromatic N) is 1. The first-order valence-corrected chi connectivity index (χ1v) is 44.9. The number of carbonyl (C=O) groups is 7. The Bertz CT molecular complexity index is 4890. The molecule has 0 aliphatic rings. The Kier molecular flexibility index (Phi) is 70.5. The fourth-order valence-electron chi connectivity index (χ4n) is 11.8. The van der Waals surface area contributed by atoms with Crippen LogP contribution in [-0.2, 0) is 65.7 Å². The smallest absolute Gasteiger partial charge is 0.550 e. The Morgan fingerprint density at radius 2 is 0.471 bits per heavy atom. The first-order valence-electron chi connectivity index (χ1n) is 41.1. The number of aliphatic hydroxyl groups excluding tert-OH is 1. The van der Waals surface area contributed by atoms with Crippen LogP contribution < -0.4 is 85.3 Å². The van der Waals surface area contributed by atoms with Gasteiger partial charge < -0.3 is 145 Å². The van der Waals surface area contributed by atoms with Crippen molar-refractivity contribution >= 4 is 328 Å². The third-order valence-corrected chi connectivity index (χ3v) is 23.7. The van der Waals surface area contributed by atoms with E-state index in [1.165, 1.54) is 0 Å². The van der Waals surface area contributed by atoms with E-state index in [2.05, 4.69) is 47.7 Å². The van der Waals surface area contributed by atoms with E-state index in [1.807, 2.05) is 160 Å². The summed E-state index contributed by atoms with van der Waals surface area (Å²) < 4.78 is 0.844. The van der Waals surface area contributed by atoms with Gasteiger partial charge in [0.2, 0.25) is 0 Å². The normalized spacial score (nSPS) is 10.5. The molecular formula is C97H116Ca3Cl10N10O18.